The van der Waals surface area contributed by atoms with Gasteiger partial charge >= 0.3 is 5.97 Å². The summed E-state index contributed by atoms with van der Waals surface area (Å²) in [5, 5.41) is 1.17. The van der Waals surface area contributed by atoms with Crippen LogP contribution in [-0.4, -0.2) is 35.4 Å². The number of carbonyl (C=O) groups is 2. The summed E-state index contributed by atoms with van der Waals surface area (Å²) < 4.78 is 0. The molecular weight excluding hydrogens is 280 g/mol. The van der Waals surface area contributed by atoms with Gasteiger partial charge in [0.25, 0.3) is 5.91 Å². The molecule has 1 aliphatic heterocycles. The normalized spacial score (nSPS) is 15.5. The third kappa shape index (κ3) is 4.90. The van der Waals surface area contributed by atoms with Crippen LogP contribution in [0.15, 0.2) is 24.0 Å². The fourth-order valence-corrected chi connectivity index (χ4v) is 2.45. The molecule has 1 heterocycles. The van der Waals surface area contributed by atoms with Crippen LogP contribution in [0.5, 0.6) is 0 Å². The molecule has 5 heteroatoms. The Labute approximate surface area is 133 Å². The lowest BCUT2D eigenvalue weighted by atomic mass is 9.92. The van der Waals surface area contributed by atoms with Gasteiger partial charge in [0.1, 0.15) is 0 Å². The Bertz CT molecular complexity index is 455. The van der Waals surface area contributed by atoms with Crippen LogP contribution in [0.25, 0.3) is 0 Å². The van der Waals surface area contributed by atoms with Crippen molar-refractivity contribution >= 4 is 11.9 Å². The minimum Gasteiger partial charge on any atom is -0.357 e. The van der Waals surface area contributed by atoms with Crippen molar-refractivity contribution in [2.75, 3.05) is 13.6 Å². The summed E-state index contributed by atoms with van der Waals surface area (Å²) in [5.41, 5.74) is 0.622. The zero-order valence-electron chi connectivity index (χ0n) is 14.3. The Morgan fingerprint density at radius 2 is 2.05 bits per heavy atom. The van der Waals surface area contributed by atoms with Gasteiger partial charge in [-0.25, -0.2) is 4.79 Å². The molecule has 1 amide bonds. The average Bonchev–Trinajstić information content (AvgIpc) is 2.49. The van der Waals surface area contributed by atoms with Crippen LogP contribution < -0.4 is 0 Å². The maximum absolute atomic E-state index is 12.5. The van der Waals surface area contributed by atoms with E-state index in [1.54, 1.807) is 13.1 Å². The number of hydroxylamine groups is 2. The molecular formula is C17H28N2O3. The lowest BCUT2D eigenvalue weighted by Crippen LogP contribution is -2.38. The molecule has 1 rings (SSSR count). The largest absolute Gasteiger partial charge is 0.357 e. The molecule has 0 aliphatic carbocycles. The number of allylic oxidation sites excluding steroid dienone is 1. The van der Waals surface area contributed by atoms with Gasteiger partial charge in [-0.15, -0.1) is 0 Å². The van der Waals surface area contributed by atoms with E-state index in [1.165, 1.54) is 5.06 Å². The first-order valence-corrected chi connectivity index (χ1v) is 8.03. The highest BCUT2D eigenvalue weighted by Gasteiger charge is 2.28. The van der Waals surface area contributed by atoms with Crippen molar-refractivity contribution < 1.29 is 14.4 Å². The second-order valence-corrected chi connectivity index (χ2v) is 5.96. The highest BCUT2D eigenvalue weighted by atomic mass is 16.7. The molecule has 1 atom stereocenters. The molecule has 0 aromatic carbocycles. The van der Waals surface area contributed by atoms with Gasteiger partial charge in [-0.1, -0.05) is 33.3 Å². The smallest absolute Gasteiger partial charge is 0.335 e. The summed E-state index contributed by atoms with van der Waals surface area (Å²) in [6, 6.07) is 0. The third-order valence-electron chi connectivity index (χ3n) is 3.73. The van der Waals surface area contributed by atoms with Crippen LogP contribution in [0.3, 0.4) is 0 Å². The Morgan fingerprint density at radius 1 is 1.36 bits per heavy atom. The number of amides is 1. The summed E-state index contributed by atoms with van der Waals surface area (Å²) in [4.78, 5) is 32.0. The van der Waals surface area contributed by atoms with Gasteiger partial charge in [-0.2, -0.15) is 5.06 Å². The van der Waals surface area contributed by atoms with E-state index in [0.717, 1.165) is 12.8 Å². The molecule has 0 aromatic rings. The lowest BCUT2D eigenvalue weighted by Gasteiger charge is -2.26. The molecule has 0 radical (unpaired) electrons. The topological polar surface area (TPSA) is 49.9 Å². The Morgan fingerprint density at radius 3 is 2.55 bits per heavy atom. The molecule has 5 nitrogen and oxygen atoms in total. The minimum atomic E-state index is -0.313. The quantitative estimate of drug-likeness (QED) is 0.708. The van der Waals surface area contributed by atoms with Crippen LogP contribution >= 0.6 is 0 Å². The summed E-state index contributed by atoms with van der Waals surface area (Å²) in [7, 11) is 1.86. The van der Waals surface area contributed by atoms with Crippen LogP contribution in [0, 0.1) is 11.8 Å². The van der Waals surface area contributed by atoms with Crippen molar-refractivity contribution in [1.29, 1.82) is 0 Å². The van der Waals surface area contributed by atoms with E-state index in [2.05, 4.69) is 0 Å². The van der Waals surface area contributed by atoms with Gasteiger partial charge in [0.2, 0.25) is 0 Å². The third-order valence-corrected chi connectivity index (χ3v) is 3.73. The average molecular weight is 308 g/mol. The first kappa shape index (κ1) is 18.3. The summed E-state index contributed by atoms with van der Waals surface area (Å²) in [5.74, 6) is -0.530. The number of nitrogens with zero attached hydrogens (tertiary/aromatic N) is 2. The maximum atomic E-state index is 12.5. The van der Waals surface area contributed by atoms with E-state index >= 15 is 0 Å². The lowest BCUT2D eigenvalue weighted by molar-refractivity contribution is -0.200. The Balaban J connectivity index is 2.75. The monoisotopic (exact) mass is 308 g/mol. The van der Waals surface area contributed by atoms with Gasteiger partial charge in [-0.3, -0.25) is 4.79 Å². The first-order chi connectivity index (χ1) is 10.4. The van der Waals surface area contributed by atoms with E-state index in [-0.39, 0.29) is 23.7 Å². The fraction of sp³-hybridized carbons (Fsp3) is 0.647. The second kappa shape index (κ2) is 8.61. The molecule has 0 fully saturated rings. The van der Waals surface area contributed by atoms with E-state index in [9.17, 15) is 9.59 Å². The van der Waals surface area contributed by atoms with Crippen LogP contribution in [-0.2, 0) is 14.4 Å². The van der Waals surface area contributed by atoms with Crippen molar-refractivity contribution in [1.82, 2.24) is 9.96 Å². The standard InChI is InChI=1S/C17H28N2O3/c1-6-9-15(13(3)4)17(21)22-19(7-2)16(20)14-10-8-11-18(5)12-14/h8,11-13,15H,6-7,9-10H2,1-5H3. The number of likely N-dealkylation sites (N-methyl/N-ethyl adjacent to an activating group) is 1. The van der Waals surface area contributed by atoms with Crippen molar-refractivity contribution in [3.63, 3.8) is 0 Å². The van der Waals surface area contributed by atoms with Crippen molar-refractivity contribution in [3.05, 3.63) is 24.0 Å². The number of carbonyl (C=O) groups excluding carboxylic acids is 2. The van der Waals surface area contributed by atoms with Crippen molar-refractivity contribution in [3.8, 4) is 0 Å². The zero-order valence-corrected chi connectivity index (χ0v) is 14.3. The Kier molecular flexibility index (Phi) is 7.15. The summed E-state index contributed by atoms with van der Waals surface area (Å²) in [6.45, 7) is 8.19. The Hall–Kier alpha value is -1.78. The summed E-state index contributed by atoms with van der Waals surface area (Å²) in [6.07, 6.45) is 7.83. The van der Waals surface area contributed by atoms with Crippen molar-refractivity contribution in [2.45, 2.75) is 47.0 Å². The molecule has 0 aromatic heterocycles. The predicted molar refractivity (Wildman–Crippen MR) is 86.3 cm³/mol. The minimum absolute atomic E-state index is 0.172. The molecule has 1 aliphatic rings. The molecule has 0 spiro atoms. The SMILES string of the molecule is CCCC(C(=O)ON(CC)C(=O)C1=CN(C)C=CC1)C(C)C. The fourth-order valence-electron chi connectivity index (χ4n) is 2.45. The molecule has 1 unspecified atom stereocenters. The van der Waals surface area contributed by atoms with Gasteiger partial charge in [0, 0.05) is 18.8 Å². The van der Waals surface area contributed by atoms with Gasteiger partial charge < -0.3 is 9.74 Å². The van der Waals surface area contributed by atoms with E-state index in [0.29, 0.717) is 18.5 Å². The van der Waals surface area contributed by atoms with Crippen LogP contribution in [0.4, 0.5) is 0 Å². The van der Waals surface area contributed by atoms with Gasteiger partial charge in [-0.05, 0) is 31.9 Å². The summed E-state index contributed by atoms with van der Waals surface area (Å²) >= 11 is 0. The van der Waals surface area contributed by atoms with Gasteiger partial charge in [0.15, 0.2) is 0 Å². The highest BCUT2D eigenvalue weighted by molar-refractivity contribution is 5.94. The maximum Gasteiger partial charge on any atom is 0.335 e. The number of rotatable bonds is 6. The molecule has 0 saturated heterocycles. The van der Waals surface area contributed by atoms with E-state index < -0.39 is 0 Å². The van der Waals surface area contributed by atoms with E-state index in [4.69, 9.17) is 4.84 Å². The molecule has 22 heavy (non-hydrogen) atoms. The molecule has 0 N–H and O–H groups in total. The van der Waals surface area contributed by atoms with Gasteiger partial charge in [0.05, 0.1) is 12.5 Å². The van der Waals surface area contributed by atoms with Crippen LogP contribution in [0.1, 0.15) is 47.0 Å². The molecule has 0 saturated carbocycles. The first-order valence-electron chi connectivity index (χ1n) is 8.03. The van der Waals surface area contributed by atoms with Crippen molar-refractivity contribution in [2.24, 2.45) is 11.8 Å². The van der Waals surface area contributed by atoms with Crippen LogP contribution in [0.2, 0.25) is 0 Å². The molecule has 124 valence electrons. The second-order valence-electron chi connectivity index (χ2n) is 5.96. The zero-order chi connectivity index (χ0) is 16.7. The number of hydrogen-bond acceptors (Lipinski definition) is 4. The predicted octanol–water partition coefficient (Wildman–Crippen LogP) is 3.10. The molecule has 0 bridgehead atoms. The highest BCUT2D eigenvalue weighted by Crippen LogP contribution is 2.20. The van der Waals surface area contributed by atoms with E-state index in [1.807, 2.05) is 45.0 Å². The number of hydrogen-bond donors (Lipinski definition) is 0.